The van der Waals surface area contributed by atoms with Gasteiger partial charge in [-0.25, -0.2) is 8.78 Å². The molecule has 4 heteroatoms. The van der Waals surface area contributed by atoms with Crippen LogP contribution in [0, 0.1) is 11.6 Å². The molecule has 0 bridgehead atoms. The third-order valence-electron chi connectivity index (χ3n) is 2.70. The molecule has 0 fully saturated rings. The fraction of sp³-hybridized carbons (Fsp3) is 0.455. The monoisotopic (exact) mass is 212 g/mol. The molecule has 82 valence electrons. The Kier molecular flexibility index (Phi) is 2.75. The highest BCUT2D eigenvalue weighted by atomic mass is 19.1. The number of nitrogens with one attached hydrogen (secondary N) is 2. The Morgan fingerprint density at radius 3 is 2.93 bits per heavy atom. The molecule has 1 aliphatic rings. The third-order valence-corrected chi connectivity index (χ3v) is 2.70. The molecule has 1 heterocycles. The highest BCUT2D eigenvalue weighted by molar-refractivity contribution is 5.70. The molecular formula is C11H14F2N2. The summed E-state index contributed by atoms with van der Waals surface area (Å²) < 4.78 is 26.4. The zero-order valence-corrected chi connectivity index (χ0v) is 8.61. The van der Waals surface area contributed by atoms with Crippen molar-refractivity contribution >= 4 is 11.4 Å². The standard InChI is InChI=1S/C11H14F2N2/c1-2-8-3-4-14-11-9(13)5-7(12)6-10(11)15-8/h5-6,8,14-15H,2-4H2,1H3. The van der Waals surface area contributed by atoms with Crippen LogP contribution in [0.1, 0.15) is 19.8 Å². The summed E-state index contributed by atoms with van der Waals surface area (Å²) in [7, 11) is 0. The van der Waals surface area contributed by atoms with Gasteiger partial charge in [-0.15, -0.1) is 0 Å². The van der Waals surface area contributed by atoms with Crippen LogP contribution < -0.4 is 10.6 Å². The molecule has 15 heavy (non-hydrogen) atoms. The lowest BCUT2D eigenvalue weighted by molar-refractivity contribution is 0.586. The summed E-state index contributed by atoms with van der Waals surface area (Å²) in [5, 5.41) is 6.13. The molecule has 2 nitrogen and oxygen atoms in total. The first kappa shape index (κ1) is 10.2. The van der Waals surface area contributed by atoms with Crippen molar-refractivity contribution in [1.29, 1.82) is 0 Å². The molecule has 1 unspecified atom stereocenters. The highest BCUT2D eigenvalue weighted by Gasteiger charge is 2.17. The van der Waals surface area contributed by atoms with Crippen LogP contribution in [0.4, 0.5) is 20.2 Å². The van der Waals surface area contributed by atoms with Gasteiger partial charge in [-0.05, 0) is 18.9 Å². The Hall–Kier alpha value is -1.32. The van der Waals surface area contributed by atoms with Gasteiger partial charge in [0.15, 0.2) is 5.82 Å². The van der Waals surface area contributed by atoms with Crippen LogP contribution in [0.3, 0.4) is 0 Å². The maximum Gasteiger partial charge on any atom is 0.151 e. The number of hydrogen-bond acceptors (Lipinski definition) is 2. The van der Waals surface area contributed by atoms with Crippen molar-refractivity contribution in [2.75, 3.05) is 17.2 Å². The van der Waals surface area contributed by atoms with Crippen LogP contribution >= 0.6 is 0 Å². The molecule has 0 saturated heterocycles. The third kappa shape index (κ3) is 2.03. The fourth-order valence-electron chi connectivity index (χ4n) is 1.84. The molecule has 0 spiro atoms. The van der Waals surface area contributed by atoms with Gasteiger partial charge in [0.05, 0.1) is 11.4 Å². The largest absolute Gasteiger partial charge is 0.381 e. The predicted octanol–water partition coefficient (Wildman–Crippen LogP) is 2.97. The molecule has 0 aliphatic carbocycles. The van der Waals surface area contributed by atoms with Crippen molar-refractivity contribution in [3.8, 4) is 0 Å². The maximum absolute atomic E-state index is 13.4. The van der Waals surface area contributed by atoms with Gasteiger partial charge in [0.1, 0.15) is 5.82 Å². The van der Waals surface area contributed by atoms with Crippen molar-refractivity contribution in [1.82, 2.24) is 0 Å². The van der Waals surface area contributed by atoms with Crippen molar-refractivity contribution in [2.24, 2.45) is 0 Å². The molecule has 1 atom stereocenters. The molecule has 0 radical (unpaired) electrons. The molecule has 2 rings (SSSR count). The van der Waals surface area contributed by atoms with E-state index in [1.165, 1.54) is 6.07 Å². The van der Waals surface area contributed by atoms with Crippen LogP contribution in [0.25, 0.3) is 0 Å². The molecule has 0 saturated carbocycles. The van der Waals surface area contributed by atoms with Gasteiger partial charge in [0, 0.05) is 18.7 Å². The molecular weight excluding hydrogens is 198 g/mol. The van der Waals surface area contributed by atoms with Crippen LogP contribution in [0.5, 0.6) is 0 Å². The highest BCUT2D eigenvalue weighted by Crippen LogP contribution is 2.30. The van der Waals surface area contributed by atoms with Crippen LogP contribution in [-0.2, 0) is 0 Å². The van der Waals surface area contributed by atoms with Gasteiger partial charge < -0.3 is 10.6 Å². The van der Waals surface area contributed by atoms with Crippen molar-refractivity contribution < 1.29 is 8.78 Å². The van der Waals surface area contributed by atoms with Crippen molar-refractivity contribution in [2.45, 2.75) is 25.8 Å². The minimum atomic E-state index is -0.544. The number of anilines is 2. The van der Waals surface area contributed by atoms with Gasteiger partial charge in [0.25, 0.3) is 0 Å². The zero-order chi connectivity index (χ0) is 10.8. The summed E-state index contributed by atoms with van der Waals surface area (Å²) in [5.41, 5.74) is 0.907. The lowest BCUT2D eigenvalue weighted by Crippen LogP contribution is -2.18. The first-order valence-electron chi connectivity index (χ1n) is 5.20. The number of rotatable bonds is 1. The van der Waals surface area contributed by atoms with E-state index in [2.05, 4.69) is 17.6 Å². The van der Waals surface area contributed by atoms with E-state index in [0.717, 1.165) is 18.9 Å². The van der Waals surface area contributed by atoms with Gasteiger partial charge >= 0.3 is 0 Å². The Morgan fingerprint density at radius 2 is 2.20 bits per heavy atom. The van der Waals surface area contributed by atoms with E-state index in [1.807, 2.05) is 0 Å². The van der Waals surface area contributed by atoms with E-state index in [9.17, 15) is 8.78 Å². The second-order valence-electron chi connectivity index (χ2n) is 3.78. The van der Waals surface area contributed by atoms with E-state index in [0.29, 0.717) is 17.9 Å². The van der Waals surface area contributed by atoms with E-state index < -0.39 is 11.6 Å². The molecule has 1 aromatic rings. The number of halogens is 2. The predicted molar refractivity (Wildman–Crippen MR) is 57.2 cm³/mol. The number of fused-ring (bicyclic) bond motifs is 1. The van der Waals surface area contributed by atoms with Crippen LogP contribution in [0.2, 0.25) is 0 Å². The molecule has 0 amide bonds. The summed E-state index contributed by atoms with van der Waals surface area (Å²) in [5.74, 6) is -1.08. The van der Waals surface area contributed by atoms with E-state index in [1.54, 1.807) is 0 Å². The molecule has 2 N–H and O–H groups in total. The summed E-state index contributed by atoms with van der Waals surface area (Å²) in [6, 6.07) is 2.51. The second kappa shape index (κ2) is 4.04. The first-order chi connectivity index (χ1) is 7.20. The quantitative estimate of drug-likeness (QED) is 0.747. The van der Waals surface area contributed by atoms with Gasteiger partial charge in [-0.2, -0.15) is 0 Å². The minimum Gasteiger partial charge on any atom is -0.381 e. The fourth-order valence-corrected chi connectivity index (χ4v) is 1.84. The molecule has 1 aliphatic heterocycles. The van der Waals surface area contributed by atoms with Gasteiger partial charge in [-0.3, -0.25) is 0 Å². The Balaban J connectivity index is 2.38. The van der Waals surface area contributed by atoms with E-state index >= 15 is 0 Å². The summed E-state index contributed by atoms with van der Waals surface area (Å²) in [6.45, 7) is 2.76. The maximum atomic E-state index is 13.4. The summed E-state index contributed by atoms with van der Waals surface area (Å²) >= 11 is 0. The number of benzene rings is 1. The summed E-state index contributed by atoms with van der Waals surface area (Å²) in [6.07, 6.45) is 1.85. The normalized spacial score (nSPS) is 19.8. The lowest BCUT2D eigenvalue weighted by Gasteiger charge is -2.15. The average Bonchev–Trinajstić information content (AvgIpc) is 2.39. The second-order valence-corrected chi connectivity index (χ2v) is 3.78. The van der Waals surface area contributed by atoms with E-state index in [4.69, 9.17) is 0 Å². The minimum absolute atomic E-state index is 0.278. The van der Waals surface area contributed by atoms with Crippen molar-refractivity contribution in [3.05, 3.63) is 23.8 Å². The SMILES string of the molecule is CCC1CCNc2c(F)cc(F)cc2N1. The topological polar surface area (TPSA) is 24.1 Å². The number of hydrogen-bond donors (Lipinski definition) is 2. The molecule has 0 aromatic heterocycles. The zero-order valence-electron chi connectivity index (χ0n) is 8.61. The average molecular weight is 212 g/mol. The van der Waals surface area contributed by atoms with Gasteiger partial charge in [0.2, 0.25) is 0 Å². The lowest BCUT2D eigenvalue weighted by atomic mass is 10.1. The Bertz CT molecular complexity index is 366. The first-order valence-corrected chi connectivity index (χ1v) is 5.20. The summed E-state index contributed by atoms with van der Waals surface area (Å²) in [4.78, 5) is 0. The Morgan fingerprint density at radius 1 is 1.40 bits per heavy atom. The molecule has 1 aromatic carbocycles. The Labute approximate surface area is 87.7 Å². The van der Waals surface area contributed by atoms with E-state index in [-0.39, 0.29) is 6.04 Å². The van der Waals surface area contributed by atoms with Crippen LogP contribution in [0.15, 0.2) is 12.1 Å². The van der Waals surface area contributed by atoms with Crippen LogP contribution in [-0.4, -0.2) is 12.6 Å². The van der Waals surface area contributed by atoms with Gasteiger partial charge in [-0.1, -0.05) is 6.92 Å². The van der Waals surface area contributed by atoms with Crippen molar-refractivity contribution in [3.63, 3.8) is 0 Å². The smallest absolute Gasteiger partial charge is 0.151 e.